The molecular weight excluding hydrogens is 324 g/mol. The summed E-state index contributed by atoms with van der Waals surface area (Å²) in [4.78, 5) is 24.0. The molecule has 26 heavy (non-hydrogen) atoms. The molecule has 1 aliphatic rings. The van der Waals surface area contributed by atoms with Crippen molar-refractivity contribution < 1.29 is 4.79 Å². The second kappa shape index (κ2) is 8.30. The zero-order valence-electron chi connectivity index (χ0n) is 16.0. The van der Waals surface area contributed by atoms with Gasteiger partial charge in [0.1, 0.15) is 17.3 Å². The van der Waals surface area contributed by atoms with Crippen LogP contribution < -0.4 is 10.2 Å². The van der Waals surface area contributed by atoms with Crippen LogP contribution in [0.15, 0.2) is 30.3 Å². The fraction of sp³-hybridized carbons (Fsp3) is 0.476. The number of anilines is 2. The number of hydrogen-bond acceptors (Lipinski definition) is 4. The Morgan fingerprint density at radius 3 is 2.46 bits per heavy atom. The summed E-state index contributed by atoms with van der Waals surface area (Å²) < 4.78 is 0. The molecule has 5 heteroatoms. The van der Waals surface area contributed by atoms with Crippen LogP contribution in [0, 0.1) is 6.92 Å². The number of aromatic nitrogens is 2. The van der Waals surface area contributed by atoms with Crippen molar-refractivity contribution in [3.05, 3.63) is 47.4 Å². The summed E-state index contributed by atoms with van der Waals surface area (Å²) in [5.41, 5.74) is 2.40. The third kappa shape index (κ3) is 4.40. The number of rotatable bonds is 4. The molecule has 0 radical (unpaired) electrons. The van der Waals surface area contributed by atoms with Crippen molar-refractivity contribution in [1.29, 1.82) is 0 Å². The van der Waals surface area contributed by atoms with Gasteiger partial charge < -0.3 is 10.2 Å². The van der Waals surface area contributed by atoms with Crippen LogP contribution in [0.1, 0.15) is 67.3 Å². The van der Waals surface area contributed by atoms with Gasteiger partial charge in [-0.1, -0.05) is 44.9 Å². The standard InChI is InChI=1S/C21H28N4O/c1-15(2)17-10-6-7-11-18(17)24-21(26)19-14-20(23-16(3)22-19)25-12-8-4-5-9-13-25/h6-7,10-11,14-15H,4-5,8-9,12-13H2,1-3H3,(H,24,26). The molecule has 1 amide bonds. The topological polar surface area (TPSA) is 58.1 Å². The summed E-state index contributed by atoms with van der Waals surface area (Å²) in [7, 11) is 0. The number of carbonyl (C=O) groups excluding carboxylic acids is 1. The Morgan fingerprint density at radius 2 is 1.77 bits per heavy atom. The fourth-order valence-electron chi connectivity index (χ4n) is 3.43. The second-order valence-corrected chi connectivity index (χ2v) is 7.26. The summed E-state index contributed by atoms with van der Waals surface area (Å²) in [5, 5.41) is 3.03. The van der Waals surface area contributed by atoms with Gasteiger partial charge >= 0.3 is 0 Å². The van der Waals surface area contributed by atoms with Crippen molar-refractivity contribution in [2.75, 3.05) is 23.3 Å². The van der Waals surface area contributed by atoms with E-state index in [9.17, 15) is 4.79 Å². The van der Waals surface area contributed by atoms with Crippen LogP contribution in [0.4, 0.5) is 11.5 Å². The van der Waals surface area contributed by atoms with E-state index < -0.39 is 0 Å². The third-order valence-electron chi connectivity index (χ3n) is 4.82. The van der Waals surface area contributed by atoms with Gasteiger partial charge in [0, 0.05) is 24.8 Å². The van der Waals surface area contributed by atoms with Crippen molar-refractivity contribution in [3.8, 4) is 0 Å². The second-order valence-electron chi connectivity index (χ2n) is 7.26. The van der Waals surface area contributed by atoms with Crippen molar-refractivity contribution in [3.63, 3.8) is 0 Å². The average molecular weight is 352 g/mol. The number of aryl methyl sites for hydroxylation is 1. The number of nitrogens with one attached hydrogen (secondary N) is 1. The molecule has 1 aromatic carbocycles. The van der Waals surface area contributed by atoms with E-state index in [-0.39, 0.29) is 5.91 Å². The molecule has 1 aromatic heterocycles. The molecule has 138 valence electrons. The molecule has 2 heterocycles. The molecule has 0 bridgehead atoms. The van der Waals surface area contributed by atoms with Gasteiger partial charge in [0.05, 0.1) is 0 Å². The molecule has 0 aliphatic carbocycles. The van der Waals surface area contributed by atoms with Crippen molar-refractivity contribution in [2.24, 2.45) is 0 Å². The van der Waals surface area contributed by atoms with Gasteiger partial charge in [-0.2, -0.15) is 0 Å². The molecule has 2 aromatic rings. The SMILES string of the molecule is Cc1nc(C(=O)Nc2ccccc2C(C)C)cc(N2CCCCCC2)n1. The largest absolute Gasteiger partial charge is 0.356 e. The quantitative estimate of drug-likeness (QED) is 0.877. The monoisotopic (exact) mass is 352 g/mol. The van der Waals surface area contributed by atoms with Crippen molar-refractivity contribution >= 4 is 17.4 Å². The molecule has 0 unspecified atom stereocenters. The molecule has 5 nitrogen and oxygen atoms in total. The third-order valence-corrected chi connectivity index (χ3v) is 4.82. The molecular formula is C21H28N4O. The first-order valence-corrected chi connectivity index (χ1v) is 9.55. The number of para-hydroxylation sites is 1. The van der Waals surface area contributed by atoms with Crippen molar-refractivity contribution in [2.45, 2.75) is 52.4 Å². The highest BCUT2D eigenvalue weighted by Gasteiger charge is 2.17. The van der Waals surface area contributed by atoms with Crippen LogP contribution in [0.25, 0.3) is 0 Å². The predicted molar refractivity (Wildman–Crippen MR) is 106 cm³/mol. The molecule has 1 fully saturated rings. The first kappa shape index (κ1) is 18.4. The summed E-state index contributed by atoms with van der Waals surface area (Å²) in [6, 6.07) is 9.75. The Bertz CT molecular complexity index is 764. The van der Waals surface area contributed by atoms with Crippen LogP contribution >= 0.6 is 0 Å². The Hall–Kier alpha value is -2.43. The van der Waals surface area contributed by atoms with Gasteiger partial charge in [-0.15, -0.1) is 0 Å². The molecule has 0 spiro atoms. The minimum Gasteiger partial charge on any atom is -0.356 e. The van der Waals surface area contributed by atoms with Crippen LogP contribution in [-0.4, -0.2) is 29.0 Å². The first-order valence-electron chi connectivity index (χ1n) is 9.55. The van der Waals surface area contributed by atoms with Crippen LogP contribution in [-0.2, 0) is 0 Å². The number of nitrogens with zero attached hydrogens (tertiary/aromatic N) is 3. The van der Waals surface area contributed by atoms with Gasteiger partial charge in [-0.05, 0) is 37.3 Å². The Labute approximate surface area is 155 Å². The van der Waals surface area contributed by atoms with Gasteiger partial charge in [0.2, 0.25) is 0 Å². The minimum absolute atomic E-state index is 0.181. The lowest BCUT2D eigenvalue weighted by molar-refractivity contribution is 0.102. The maximum atomic E-state index is 12.8. The Morgan fingerprint density at radius 1 is 1.08 bits per heavy atom. The van der Waals surface area contributed by atoms with Crippen LogP contribution in [0.3, 0.4) is 0 Å². The van der Waals surface area contributed by atoms with E-state index in [4.69, 9.17) is 0 Å². The van der Waals surface area contributed by atoms with Crippen LogP contribution in [0.2, 0.25) is 0 Å². The van der Waals surface area contributed by atoms with E-state index in [2.05, 4.69) is 34.0 Å². The number of hydrogen-bond donors (Lipinski definition) is 1. The van der Waals surface area contributed by atoms with E-state index in [0.29, 0.717) is 17.4 Å². The highest BCUT2D eigenvalue weighted by molar-refractivity contribution is 6.03. The average Bonchev–Trinajstić information content (AvgIpc) is 2.91. The molecule has 0 atom stereocenters. The van der Waals surface area contributed by atoms with Gasteiger partial charge in [-0.3, -0.25) is 4.79 Å². The summed E-state index contributed by atoms with van der Waals surface area (Å²) in [6.45, 7) is 8.08. The maximum Gasteiger partial charge on any atom is 0.274 e. The smallest absolute Gasteiger partial charge is 0.274 e. The fourth-order valence-corrected chi connectivity index (χ4v) is 3.43. The highest BCUT2D eigenvalue weighted by atomic mass is 16.1. The van der Waals surface area contributed by atoms with E-state index >= 15 is 0 Å². The number of carbonyl (C=O) groups is 1. The lowest BCUT2D eigenvalue weighted by Crippen LogP contribution is -2.26. The normalized spacial score (nSPS) is 15.0. The van der Waals surface area contributed by atoms with E-state index in [1.807, 2.05) is 37.3 Å². The Balaban J connectivity index is 1.83. The van der Waals surface area contributed by atoms with Gasteiger partial charge in [0.25, 0.3) is 5.91 Å². The molecule has 0 saturated carbocycles. The predicted octanol–water partition coefficient (Wildman–Crippen LogP) is 4.54. The minimum atomic E-state index is -0.181. The van der Waals surface area contributed by atoms with Gasteiger partial charge in [-0.25, -0.2) is 9.97 Å². The number of benzene rings is 1. The molecule has 1 saturated heterocycles. The zero-order chi connectivity index (χ0) is 18.5. The summed E-state index contributed by atoms with van der Waals surface area (Å²) >= 11 is 0. The first-order chi connectivity index (χ1) is 12.5. The van der Waals surface area contributed by atoms with Crippen molar-refractivity contribution in [1.82, 2.24) is 9.97 Å². The molecule has 3 rings (SSSR count). The van der Waals surface area contributed by atoms with E-state index in [1.165, 1.54) is 25.7 Å². The molecule has 1 N–H and O–H groups in total. The summed E-state index contributed by atoms with van der Waals surface area (Å²) in [6.07, 6.45) is 4.87. The number of amides is 1. The summed E-state index contributed by atoms with van der Waals surface area (Å²) in [5.74, 6) is 1.65. The molecule has 1 aliphatic heterocycles. The van der Waals surface area contributed by atoms with Gasteiger partial charge in [0.15, 0.2) is 0 Å². The van der Waals surface area contributed by atoms with E-state index in [1.54, 1.807) is 0 Å². The van der Waals surface area contributed by atoms with E-state index in [0.717, 1.165) is 30.2 Å². The van der Waals surface area contributed by atoms with Crippen LogP contribution in [0.5, 0.6) is 0 Å². The maximum absolute atomic E-state index is 12.8. The highest BCUT2D eigenvalue weighted by Crippen LogP contribution is 2.24. The Kier molecular flexibility index (Phi) is 5.86. The lowest BCUT2D eigenvalue weighted by Gasteiger charge is -2.22. The lowest BCUT2D eigenvalue weighted by atomic mass is 10.0. The zero-order valence-corrected chi connectivity index (χ0v) is 16.0.